The first-order chi connectivity index (χ1) is 19.5. The van der Waals surface area contributed by atoms with Crippen LogP contribution < -0.4 is 15.5 Å². The molecule has 0 aliphatic carbocycles. The van der Waals surface area contributed by atoms with Crippen molar-refractivity contribution >= 4 is 23.7 Å². The van der Waals surface area contributed by atoms with Crippen LogP contribution in [0, 0.1) is 6.92 Å². The Morgan fingerprint density at radius 2 is 1.71 bits per heavy atom. The van der Waals surface area contributed by atoms with Crippen LogP contribution in [-0.4, -0.2) is 44.7 Å². The van der Waals surface area contributed by atoms with E-state index in [-0.39, 0.29) is 12.1 Å². The lowest BCUT2D eigenvalue weighted by molar-refractivity contribution is 0.0508. The number of hydrogen-bond acceptors (Lipinski definition) is 8. The maximum Gasteiger partial charge on any atom is 0.408 e. The summed E-state index contributed by atoms with van der Waals surface area (Å²) in [4.78, 5) is 32.7. The van der Waals surface area contributed by atoms with Gasteiger partial charge in [-0.15, -0.1) is 0 Å². The number of carbonyl (C=O) groups excluding carboxylic acids is 1. The zero-order chi connectivity index (χ0) is 29.6. The van der Waals surface area contributed by atoms with E-state index in [1.807, 2.05) is 101 Å². The van der Waals surface area contributed by atoms with Crippen LogP contribution >= 0.6 is 0 Å². The Labute approximate surface area is 242 Å². The van der Waals surface area contributed by atoms with Crippen LogP contribution in [0.25, 0.3) is 11.4 Å². The second kappa shape index (κ2) is 12.8. The molecule has 0 spiro atoms. The molecule has 1 amide bonds. The molecule has 0 saturated carbocycles. The fourth-order valence-corrected chi connectivity index (χ4v) is 4.35. The minimum atomic E-state index is -0.542. The first kappa shape index (κ1) is 29.5. The predicted molar refractivity (Wildman–Crippen MR) is 163 cm³/mol. The fraction of sp³-hybridized carbons (Fsp3) is 0.344. The number of hydrogen-bond donors (Lipinski definition) is 2. The highest BCUT2D eigenvalue weighted by molar-refractivity contribution is 5.68. The number of aromatic nitrogens is 4. The number of alkyl carbamates (subject to hydrolysis) is 1. The highest BCUT2D eigenvalue weighted by Crippen LogP contribution is 2.24. The van der Waals surface area contributed by atoms with Gasteiger partial charge in [-0.25, -0.2) is 19.7 Å². The highest BCUT2D eigenvalue weighted by atomic mass is 16.6. The Kier molecular flexibility index (Phi) is 9.17. The van der Waals surface area contributed by atoms with Gasteiger partial charge in [-0.2, -0.15) is 4.98 Å². The van der Waals surface area contributed by atoms with E-state index < -0.39 is 11.7 Å². The third kappa shape index (κ3) is 8.48. The topological polar surface area (TPSA) is 105 Å². The van der Waals surface area contributed by atoms with E-state index in [2.05, 4.69) is 39.7 Å². The van der Waals surface area contributed by atoms with Gasteiger partial charge in [0.2, 0.25) is 5.95 Å². The molecule has 2 N–H and O–H groups in total. The van der Waals surface area contributed by atoms with Gasteiger partial charge in [0.15, 0.2) is 5.82 Å². The predicted octanol–water partition coefficient (Wildman–Crippen LogP) is 6.64. The normalized spacial score (nSPS) is 12.8. The lowest BCUT2D eigenvalue weighted by atomic mass is 10.0. The van der Waals surface area contributed by atoms with Gasteiger partial charge in [-0.05, 0) is 65.2 Å². The van der Waals surface area contributed by atoms with Crippen LogP contribution in [0.3, 0.4) is 0 Å². The number of benzene rings is 2. The molecule has 0 aliphatic heterocycles. The summed E-state index contributed by atoms with van der Waals surface area (Å²) in [6.07, 6.45) is 2.08. The van der Waals surface area contributed by atoms with Gasteiger partial charge in [0.25, 0.3) is 0 Å². The second-order valence-electron chi connectivity index (χ2n) is 11.2. The molecule has 4 aromatic rings. The summed E-state index contributed by atoms with van der Waals surface area (Å²) in [6, 6.07) is 21.8. The van der Waals surface area contributed by atoms with Crippen molar-refractivity contribution < 1.29 is 9.53 Å². The molecule has 2 aromatic heterocycles. The first-order valence-corrected chi connectivity index (χ1v) is 13.8. The van der Waals surface area contributed by atoms with Gasteiger partial charge in [0.05, 0.1) is 6.04 Å². The molecule has 2 heterocycles. The Hall–Kier alpha value is -4.53. The average Bonchev–Trinajstić information content (AvgIpc) is 2.92. The third-order valence-electron chi connectivity index (χ3n) is 6.30. The number of aryl methyl sites for hydroxylation is 1. The van der Waals surface area contributed by atoms with Gasteiger partial charge < -0.3 is 20.3 Å². The molecule has 2 atom stereocenters. The van der Waals surface area contributed by atoms with Gasteiger partial charge in [0, 0.05) is 36.6 Å². The molecular formula is C32H39N7O2. The van der Waals surface area contributed by atoms with Crippen LogP contribution in [0.1, 0.15) is 57.5 Å². The summed E-state index contributed by atoms with van der Waals surface area (Å²) in [6.45, 7) is 11.5. The minimum Gasteiger partial charge on any atom is -0.444 e. The number of amides is 1. The number of carbonyl (C=O) groups is 1. The molecule has 0 fully saturated rings. The molecule has 0 unspecified atom stereocenters. The number of ether oxygens (including phenoxy) is 1. The summed E-state index contributed by atoms with van der Waals surface area (Å²) in [5.74, 6) is 2.68. The summed E-state index contributed by atoms with van der Waals surface area (Å²) in [5.41, 5.74) is 3.41. The third-order valence-corrected chi connectivity index (χ3v) is 6.30. The number of nitrogens with one attached hydrogen (secondary N) is 2. The number of nitrogens with zero attached hydrogens (tertiary/aromatic N) is 5. The van der Waals surface area contributed by atoms with E-state index in [0.717, 1.165) is 40.4 Å². The maximum absolute atomic E-state index is 12.2. The Balaban J connectivity index is 1.43. The SMILES string of the molecule is Cc1cc(N(C)c2ccnc(-c3ccccc3)n2)nc(N[C@@H](C)Cc2cccc([C@@H](C)NC(=O)OC(C)(C)C)c2)n1. The van der Waals surface area contributed by atoms with Crippen molar-refractivity contribution in [2.75, 3.05) is 17.3 Å². The largest absolute Gasteiger partial charge is 0.444 e. The van der Waals surface area contributed by atoms with Crippen molar-refractivity contribution in [3.63, 3.8) is 0 Å². The molecule has 4 rings (SSSR count). The molecular weight excluding hydrogens is 514 g/mol. The van der Waals surface area contributed by atoms with Crippen LogP contribution in [0.4, 0.5) is 22.4 Å². The summed E-state index contributed by atoms with van der Waals surface area (Å²) in [5, 5.41) is 6.36. The van der Waals surface area contributed by atoms with Crippen molar-refractivity contribution in [2.45, 2.75) is 65.6 Å². The van der Waals surface area contributed by atoms with E-state index in [0.29, 0.717) is 11.8 Å². The van der Waals surface area contributed by atoms with E-state index in [9.17, 15) is 4.79 Å². The number of anilines is 3. The van der Waals surface area contributed by atoms with E-state index in [1.54, 1.807) is 6.20 Å². The number of rotatable bonds is 9. The monoisotopic (exact) mass is 553 g/mol. The van der Waals surface area contributed by atoms with Gasteiger partial charge in [-0.3, -0.25) is 0 Å². The van der Waals surface area contributed by atoms with Crippen LogP contribution in [0.5, 0.6) is 0 Å². The minimum absolute atomic E-state index is 0.0584. The lowest BCUT2D eigenvalue weighted by Gasteiger charge is -2.22. The Morgan fingerprint density at radius 3 is 2.44 bits per heavy atom. The highest BCUT2D eigenvalue weighted by Gasteiger charge is 2.19. The van der Waals surface area contributed by atoms with E-state index in [1.165, 1.54) is 0 Å². The van der Waals surface area contributed by atoms with Crippen LogP contribution in [-0.2, 0) is 11.2 Å². The van der Waals surface area contributed by atoms with Crippen molar-refractivity contribution in [2.24, 2.45) is 0 Å². The quantitative estimate of drug-likeness (QED) is 0.238. The molecule has 41 heavy (non-hydrogen) atoms. The standard InChI is InChI=1S/C32H39N7O2/c1-21(18-24-12-11-15-26(20-24)23(3)36-31(40)41-32(4,5)6)34-30-35-22(2)19-28(38-30)39(7)27-16-17-33-29(37-27)25-13-9-8-10-14-25/h8-17,19-21,23H,18H2,1-7H3,(H,36,40)(H,34,35,38)/t21-,23+/m0/s1. The van der Waals surface area contributed by atoms with Crippen molar-refractivity contribution in [1.82, 2.24) is 25.3 Å². The van der Waals surface area contributed by atoms with Crippen molar-refractivity contribution in [1.29, 1.82) is 0 Å². The van der Waals surface area contributed by atoms with Gasteiger partial charge in [0.1, 0.15) is 17.2 Å². The first-order valence-electron chi connectivity index (χ1n) is 13.8. The van der Waals surface area contributed by atoms with Gasteiger partial charge >= 0.3 is 6.09 Å². The molecule has 0 bridgehead atoms. The average molecular weight is 554 g/mol. The van der Waals surface area contributed by atoms with Crippen LogP contribution in [0.2, 0.25) is 0 Å². The van der Waals surface area contributed by atoms with Gasteiger partial charge in [-0.1, -0.05) is 54.6 Å². The summed E-state index contributed by atoms with van der Waals surface area (Å²) >= 11 is 0. The van der Waals surface area contributed by atoms with Crippen LogP contribution in [0.15, 0.2) is 72.9 Å². The molecule has 214 valence electrons. The molecule has 0 aliphatic rings. The van der Waals surface area contributed by atoms with Crippen molar-refractivity contribution in [3.8, 4) is 11.4 Å². The Bertz CT molecular complexity index is 1470. The lowest BCUT2D eigenvalue weighted by Crippen LogP contribution is -2.34. The summed E-state index contributed by atoms with van der Waals surface area (Å²) < 4.78 is 5.40. The van der Waals surface area contributed by atoms with E-state index >= 15 is 0 Å². The zero-order valence-corrected chi connectivity index (χ0v) is 24.8. The molecule has 9 heteroatoms. The molecule has 2 aromatic carbocycles. The summed E-state index contributed by atoms with van der Waals surface area (Å²) in [7, 11) is 1.93. The van der Waals surface area contributed by atoms with E-state index in [4.69, 9.17) is 14.7 Å². The fourth-order valence-electron chi connectivity index (χ4n) is 4.35. The molecule has 0 saturated heterocycles. The second-order valence-corrected chi connectivity index (χ2v) is 11.2. The maximum atomic E-state index is 12.2. The van der Waals surface area contributed by atoms with Crippen molar-refractivity contribution in [3.05, 3.63) is 89.7 Å². The smallest absolute Gasteiger partial charge is 0.408 e. The molecule has 9 nitrogen and oxygen atoms in total. The zero-order valence-electron chi connectivity index (χ0n) is 24.8. The molecule has 0 radical (unpaired) electrons. The Morgan fingerprint density at radius 1 is 0.951 bits per heavy atom.